The lowest BCUT2D eigenvalue weighted by Crippen LogP contribution is -2.46. The molecule has 0 aromatic heterocycles. The van der Waals surface area contributed by atoms with Gasteiger partial charge in [0.05, 0.1) is 5.92 Å². The van der Waals surface area contributed by atoms with E-state index in [1.165, 1.54) is 6.42 Å². The van der Waals surface area contributed by atoms with Crippen LogP contribution in [0.15, 0.2) is 40.5 Å². The number of hydrogen-bond acceptors (Lipinski definition) is 3. The van der Waals surface area contributed by atoms with E-state index in [2.05, 4.69) is 13.8 Å². The number of nitrogens with zero attached hydrogens (tertiary/aromatic N) is 2. The van der Waals surface area contributed by atoms with Crippen molar-refractivity contribution < 1.29 is 9.59 Å². The van der Waals surface area contributed by atoms with Crippen molar-refractivity contribution in [1.82, 2.24) is 4.90 Å². The van der Waals surface area contributed by atoms with Crippen molar-refractivity contribution in [3.8, 4) is 0 Å². The maximum absolute atomic E-state index is 13.6. The number of benzene rings is 1. The minimum Gasteiger partial charge on any atom is -0.342 e. The topological polar surface area (TPSA) is 49.7 Å². The molecule has 0 spiro atoms. The second-order valence-corrected chi connectivity index (χ2v) is 9.82. The smallest absolute Gasteiger partial charge is 0.232 e. The molecule has 2 atom stereocenters. The van der Waals surface area contributed by atoms with Crippen LogP contribution in [-0.2, 0) is 9.59 Å². The number of carbonyl (C=O) groups is 2. The number of piperidine rings is 1. The molecule has 2 aliphatic heterocycles. The standard InChI is InChI=1S/C24H29ClN2O2/c1-15-20(23(29)27-11-7-4-8-12-27)21(16-9-5-6-10-17(16)25)22-18(26-15)13-24(2,3)14-19(22)28/h5-6,9-10,20-21H,4,7-8,11-14H2,1-3H3/t20?,21-/m0/s1. The zero-order valence-corrected chi connectivity index (χ0v) is 18.3. The second-order valence-electron chi connectivity index (χ2n) is 9.42. The average molecular weight is 413 g/mol. The molecule has 2 heterocycles. The molecule has 0 bridgehead atoms. The normalized spacial score (nSPS) is 26.8. The van der Waals surface area contributed by atoms with Gasteiger partial charge in [-0.1, -0.05) is 43.6 Å². The minimum absolute atomic E-state index is 0.0834. The zero-order chi connectivity index (χ0) is 20.8. The van der Waals surface area contributed by atoms with Gasteiger partial charge in [-0.05, 0) is 49.7 Å². The highest BCUT2D eigenvalue weighted by Gasteiger charge is 2.46. The molecule has 0 saturated carbocycles. The van der Waals surface area contributed by atoms with Crippen molar-refractivity contribution in [2.24, 2.45) is 16.3 Å². The number of aliphatic imine (C=N–C) groups is 1. The number of likely N-dealkylation sites (tertiary alicyclic amines) is 1. The summed E-state index contributed by atoms with van der Waals surface area (Å²) in [6.07, 6.45) is 4.46. The summed E-state index contributed by atoms with van der Waals surface area (Å²) in [5.74, 6) is -0.625. The molecule has 1 aliphatic carbocycles. The number of rotatable bonds is 2. The molecule has 1 saturated heterocycles. The Morgan fingerprint density at radius 1 is 1.14 bits per heavy atom. The number of hydrogen-bond donors (Lipinski definition) is 0. The van der Waals surface area contributed by atoms with E-state index in [1.54, 1.807) is 0 Å². The van der Waals surface area contributed by atoms with E-state index in [4.69, 9.17) is 16.6 Å². The maximum atomic E-state index is 13.6. The fraction of sp³-hybridized carbons (Fsp3) is 0.542. The summed E-state index contributed by atoms with van der Waals surface area (Å²) in [4.78, 5) is 33.7. The van der Waals surface area contributed by atoms with Crippen LogP contribution in [0.25, 0.3) is 0 Å². The predicted octanol–water partition coefficient (Wildman–Crippen LogP) is 5.17. The Balaban J connectivity index is 1.84. The quantitative estimate of drug-likeness (QED) is 0.672. The summed E-state index contributed by atoms with van der Waals surface area (Å²) >= 11 is 6.60. The Hall–Kier alpha value is -1.94. The highest BCUT2D eigenvalue weighted by atomic mass is 35.5. The molecule has 1 aromatic carbocycles. The molecule has 4 nitrogen and oxygen atoms in total. The highest BCUT2D eigenvalue weighted by Crippen LogP contribution is 2.49. The molecule has 154 valence electrons. The zero-order valence-electron chi connectivity index (χ0n) is 17.5. The van der Waals surface area contributed by atoms with Gasteiger partial charge in [-0.2, -0.15) is 0 Å². The first-order valence-electron chi connectivity index (χ1n) is 10.6. The van der Waals surface area contributed by atoms with Crippen molar-refractivity contribution in [2.45, 2.75) is 58.8 Å². The number of carbonyl (C=O) groups excluding carboxylic acids is 2. The van der Waals surface area contributed by atoms with E-state index in [0.29, 0.717) is 17.0 Å². The number of allylic oxidation sites excluding steroid dienone is 2. The molecule has 0 N–H and O–H groups in total. The lowest BCUT2D eigenvalue weighted by Gasteiger charge is -2.41. The molecule has 1 aromatic rings. The third kappa shape index (κ3) is 3.79. The van der Waals surface area contributed by atoms with Gasteiger partial charge in [0.15, 0.2) is 5.78 Å². The molecule has 0 radical (unpaired) electrons. The van der Waals surface area contributed by atoms with E-state index in [0.717, 1.165) is 49.3 Å². The van der Waals surface area contributed by atoms with Crippen molar-refractivity contribution >= 4 is 29.0 Å². The van der Waals surface area contributed by atoms with Crippen LogP contribution in [-0.4, -0.2) is 35.4 Å². The van der Waals surface area contributed by atoms with Crippen LogP contribution in [0.1, 0.15) is 64.4 Å². The van der Waals surface area contributed by atoms with Crippen molar-refractivity contribution in [3.05, 3.63) is 46.1 Å². The molecule has 4 rings (SSSR count). The molecule has 1 fully saturated rings. The Bertz CT molecular complexity index is 909. The summed E-state index contributed by atoms with van der Waals surface area (Å²) < 4.78 is 0. The Morgan fingerprint density at radius 2 is 1.83 bits per heavy atom. The third-order valence-corrected chi connectivity index (χ3v) is 6.82. The monoisotopic (exact) mass is 412 g/mol. The first-order valence-corrected chi connectivity index (χ1v) is 11.0. The predicted molar refractivity (Wildman–Crippen MR) is 116 cm³/mol. The molecule has 3 aliphatic rings. The maximum Gasteiger partial charge on any atom is 0.232 e. The third-order valence-electron chi connectivity index (χ3n) is 6.48. The summed E-state index contributed by atoms with van der Waals surface area (Å²) in [5.41, 5.74) is 3.10. The van der Waals surface area contributed by atoms with Crippen molar-refractivity contribution in [1.29, 1.82) is 0 Å². The highest BCUT2D eigenvalue weighted by molar-refractivity contribution is 6.31. The van der Waals surface area contributed by atoms with Crippen LogP contribution in [0.2, 0.25) is 5.02 Å². The van der Waals surface area contributed by atoms with Gasteiger partial charge in [-0.3, -0.25) is 14.6 Å². The van der Waals surface area contributed by atoms with Crippen molar-refractivity contribution in [2.75, 3.05) is 13.1 Å². The summed E-state index contributed by atoms with van der Waals surface area (Å²) in [5, 5.41) is 0.605. The Kier molecular flexibility index (Phi) is 5.41. The van der Waals surface area contributed by atoms with E-state index in [9.17, 15) is 9.59 Å². The minimum atomic E-state index is -0.461. The molecule has 1 amide bonds. The largest absolute Gasteiger partial charge is 0.342 e. The van der Waals surface area contributed by atoms with Gasteiger partial charge in [-0.25, -0.2) is 0 Å². The molecule has 5 heteroatoms. The van der Waals surface area contributed by atoms with Crippen LogP contribution in [0, 0.1) is 11.3 Å². The van der Waals surface area contributed by atoms with Gasteiger partial charge < -0.3 is 4.90 Å². The Labute approximate surface area is 178 Å². The van der Waals surface area contributed by atoms with Gasteiger partial charge in [-0.15, -0.1) is 0 Å². The SMILES string of the molecule is CC1=NC2=C(C(=O)CC(C)(C)C2)[C@@H](c2ccccc2Cl)C1C(=O)N1CCCCC1. The summed E-state index contributed by atoms with van der Waals surface area (Å²) in [6, 6.07) is 7.62. The van der Waals surface area contributed by atoms with Crippen LogP contribution < -0.4 is 0 Å². The second kappa shape index (κ2) is 7.71. The average Bonchev–Trinajstić information content (AvgIpc) is 2.66. The van der Waals surface area contributed by atoms with E-state index >= 15 is 0 Å². The van der Waals surface area contributed by atoms with Crippen molar-refractivity contribution in [3.63, 3.8) is 0 Å². The van der Waals surface area contributed by atoms with Crippen LogP contribution in [0.4, 0.5) is 0 Å². The van der Waals surface area contributed by atoms with Gasteiger partial charge in [0, 0.05) is 47.4 Å². The van der Waals surface area contributed by atoms with Gasteiger partial charge in [0.25, 0.3) is 0 Å². The van der Waals surface area contributed by atoms with Crippen LogP contribution in [0.3, 0.4) is 0 Å². The number of Topliss-reactive ketones (excluding diaryl/α,β-unsaturated/α-hetero) is 1. The number of amides is 1. The lowest BCUT2D eigenvalue weighted by molar-refractivity contribution is -0.134. The molecule has 29 heavy (non-hydrogen) atoms. The molecular formula is C24H29ClN2O2. The number of ketones is 1. The van der Waals surface area contributed by atoms with Gasteiger partial charge in [0.2, 0.25) is 5.91 Å². The summed E-state index contributed by atoms with van der Waals surface area (Å²) in [7, 11) is 0. The van der Waals surface area contributed by atoms with Gasteiger partial charge in [0.1, 0.15) is 0 Å². The molecule has 1 unspecified atom stereocenters. The van der Waals surface area contributed by atoms with Gasteiger partial charge >= 0.3 is 0 Å². The summed E-state index contributed by atoms with van der Waals surface area (Å²) in [6.45, 7) is 7.71. The first-order chi connectivity index (χ1) is 13.8. The van der Waals surface area contributed by atoms with E-state index in [1.807, 2.05) is 36.1 Å². The fourth-order valence-corrected chi connectivity index (χ4v) is 5.39. The molecular weight excluding hydrogens is 384 g/mol. The van der Waals surface area contributed by atoms with Crippen LogP contribution in [0.5, 0.6) is 0 Å². The van der Waals surface area contributed by atoms with Crippen LogP contribution >= 0.6 is 11.6 Å². The Morgan fingerprint density at radius 3 is 2.52 bits per heavy atom. The number of halogens is 1. The van der Waals surface area contributed by atoms with E-state index < -0.39 is 5.92 Å². The first kappa shape index (κ1) is 20.3. The fourth-order valence-electron chi connectivity index (χ4n) is 5.14. The lowest BCUT2D eigenvalue weighted by atomic mass is 9.66. The van der Waals surface area contributed by atoms with E-state index in [-0.39, 0.29) is 23.0 Å².